The van der Waals surface area contributed by atoms with Gasteiger partial charge >= 0.3 is 0 Å². The fraction of sp³-hybridized carbons (Fsp3) is 0.848. The van der Waals surface area contributed by atoms with Gasteiger partial charge in [-0.2, -0.15) is 0 Å². The van der Waals surface area contributed by atoms with Crippen LogP contribution in [0.5, 0.6) is 0 Å². The first-order chi connectivity index (χ1) is 17.2. The Morgan fingerprint density at radius 2 is 1.89 bits per heavy atom. The highest BCUT2D eigenvalue weighted by Crippen LogP contribution is 2.69. The number of fused-ring (bicyclic) bond motifs is 5. The minimum atomic E-state index is -0.195. The summed E-state index contributed by atoms with van der Waals surface area (Å²) in [5, 5.41) is 11.0. The maximum absolute atomic E-state index is 11.0. The lowest BCUT2D eigenvalue weighted by Gasteiger charge is -2.61. The monoisotopic (exact) mass is 494 g/mol. The zero-order chi connectivity index (χ0) is 25.7. The van der Waals surface area contributed by atoms with Crippen LogP contribution in [0.3, 0.4) is 0 Å². The Hall–Kier alpha value is -1.09. The molecule has 0 saturated heterocycles. The minimum Gasteiger partial charge on any atom is -0.393 e. The number of nitrogens with zero attached hydrogens (tertiary/aromatic N) is 2. The van der Waals surface area contributed by atoms with Crippen LogP contribution in [0.2, 0.25) is 0 Å². The van der Waals surface area contributed by atoms with Gasteiger partial charge in [0.1, 0.15) is 0 Å². The predicted octanol–water partition coefficient (Wildman–Crippen LogP) is 8.46. The van der Waals surface area contributed by atoms with E-state index in [1.54, 1.807) is 5.57 Å². The molecule has 10 atom stereocenters. The van der Waals surface area contributed by atoms with E-state index in [1.807, 2.05) is 12.5 Å². The van der Waals surface area contributed by atoms with Crippen LogP contribution in [-0.4, -0.2) is 20.8 Å². The molecule has 1 heterocycles. The van der Waals surface area contributed by atoms with Crippen LogP contribution in [0.15, 0.2) is 30.4 Å². The van der Waals surface area contributed by atoms with Crippen molar-refractivity contribution in [2.24, 2.45) is 52.3 Å². The molecular formula is C33H54N2O. The molecule has 1 N–H and O–H groups in total. The topological polar surface area (TPSA) is 38.0 Å². The van der Waals surface area contributed by atoms with E-state index >= 15 is 0 Å². The highest BCUT2D eigenvalue weighted by atomic mass is 16.3. The van der Waals surface area contributed by atoms with Gasteiger partial charge in [0.25, 0.3) is 0 Å². The van der Waals surface area contributed by atoms with E-state index in [1.165, 1.54) is 51.4 Å². The lowest BCUT2D eigenvalue weighted by Crippen LogP contribution is -2.55. The van der Waals surface area contributed by atoms with Crippen LogP contribution < -0.4 is 0 Å². The summed E-state index contributed by atoms with van der Waals surface area (Å²) in [5.41, 5.74) is 2.32. The number of allylic oxidation sites excluding steroid dienone is 1. The highest BCUT2D eigenvalue weighted by Gasteiger charge is 2.61. The number of hydrogen-bond donors (Lipinski definition) is 1. The fourth-order valence-electron chi connectivity index (χ4n) is 10.5. The molecule has 0 aliphatic heterocycles. The molecule has 36 heavy (non-hydrogen) atoms. The Kier molecular flexibility index (Phi) is 7.54. The maximum atomic E-state index is 11.0. The summed E-state index contributed by atoms with van der Waals surface area (Å²) >= 11 is 0. The Morgan fingerprint density at radius 3 is 2.58 bits per heavy atom. The highest BCUT2D eigenvalue weighted by molar-refractivity contribution is 5.28. The molecule has 0 amide bonds. The van der Waals surface area contributed by atoms with Crippen LogP contribution in [0.1, 0.15) is 118 Å². The van der Waals surface area contributed by atoms with E-state index in [9.17, 15) is 5.11 Å². The zero-order valence-corrected chi connectivity index (χ0v) is 24.1. The smallest absolute Gasteiger partial charge is 0.0948 e. The van der Waals surface area contributed by atoms with Crippen molar-refractivity contribution in [3.63, 3.8) is 0 Å². The molecule has 0 aromatic carbocycles. The molecule has 0 radical (unpaired) electrons. The van der Waals surface area contributed by atoms with Crippen molar-refractivity contribution in [2.45, 2.75) is 124 Å². The van der Waals surface area contributed by atoms with Crippen molar-refractivity contribution in [1.29, 1.82) is 0 Å². The number of aromatic nitrogens is 2. The molecule has 4 aliphatic carbocycles. The van der Waals surface area contributed by atoms with Gasteiger partial charge in [-0.25, -0.2) is 4.98 Å². The van der Waals surface area contributed by atoms with Gasteiger partial charge in [-0.1, -0.05) is 72.5 Å². The summed E-state index contributed by atoms with van der Waals surface area (Å²) < 4.78 is 2.35. The lowest BCUT2D eigenvalue weighted by atomic mass is 9.44. The van der Waals surface area contributed by atoms with Crippen LogP contribution in [0.4, 0.5) is 0 Å². The van der Waals surface area contributed by atoms with E-state index in [0.29, 0.717) is 17.4 Å². The van der Waals surface area contributed by atoms with Crippen molar-refractivity contribution >= 4 is 0 Å². The average Bonchev–Trinajstić information content (AvgIpc) is 3.48. The van der Waals surface area contributed by atoms with Crippen LogP contribution in [0, 0.1) is 52.3 Å². The first-order valence-corrected chi connectivity index (χ1v) is 15.5. The summed E-state index contributed by atoms with van der Waals surface area (Å²) in [6.07, 6.45) is 22.6. The van der Waals surface area contributed by atoms with E-state index in [4.69, 9.17) is 0 Å². The average molecular weight is 495 g/mol. The third-order valence-corrected chi connectivity index (χ3v) is 12.3. The predicted molar refractivity (Wildman–Crippen MR) is 149 cm³/mol. The largest absolute Gasteiger partial charge is 0.393 e. The molecule has 5 rings (SSSR count). The van der Waals surface area contributed by atoms with Gasteiger partial charge < -0.3 is 9.67 Å². The molecule has 3 saturated carbocycles. The standard InChI is InChI=1S/C33H54N2O/c1-7-31(35-18-17-34-21-35)30-20-25(36)19-24-11-12-26-28-14-13-27(23(4)10-8-9-22(2)3)32(28,5)16-15-29(26)33(24,30)6/h11,17-18,21-23,25-31,36H,7-10,12-16,19-20H2,1-6H3/t23-,25-,26+,27-,28+,29+,30?,31?,32-,33+/m1/s1. The van der Waals surface area contributed by atoms with Crippen molar-refractivity contribution in [2.75, 3.05) is 0 Å². The van der Waals surface area contributed by atoms with Crippen molar-refractivity contribution in [3.8, 4) is 0 Å². The van der Waals surface area contributed by atoms with E-state index in [0.717, 1.165) is 54.8 Å². The molecule has 4 aliphatic rings. The van der Waals surface area contributed by atoms with E-state index < -0.39 is 0 Å². The number of hydrogen-bond acceptors (Lipinski definition) is 2. The maximum Gasteiger partial charge on any atom is 0.0948 e. The van der Waals surface area contributed by atoms with Gasteiger partial charge in [-0.05, 0) is 104 Å². The normalized spacial score (nSPS) is 41.8. The summed E-state index contributed by atoms with van der Waals surface area (Å²) in [5.74, 6) is 5.56. The molecule has 0 spiro atoms. The van der Waals surface area contributed by atoms with Gasteiger partial charge in [0.2, 0.25) is 0 Å². The molecule has 202 valence electrons. The third-order valence-electron chi connectivity index (χ3n) is 12.3. The second-order valence-corrected chi connectivity index (χ2v) is 14.3. The Bertz CT molecular complexity index is 905. The van der Waals surface area contributed by atoms with Gasteiger partial charge in [-0.3, -0.25) is 0 Å². The van der Waals surface area contributed by atoms with Crippen molar-refractivity contribution < 1.29 is 5.11 Å². The summed E-state index contributed by atoms with van der Waals surface area (Å²) in [4.78, 5) is 4.41. The summed E-state index contributed by atoms with van der Waals surface area (Å²) in [6.45, 7) is 15.0. The second kappa shape index (κ2) is 10.2. The quantitative estimate of drug-likeness (QED) is 0.368. The van der Waals surface area contributed by atoms with Crippen LogP contribution in [0.25, 0.3) is 0 Å². The van der Waals surface area contributed by atoms with Gasteiger partial charge in [0.05, 0.1) is 12.4 Å². The molecule has 1 aromatic rings. The fourth-order valence-corrected chi connectivity index (χ4v) is 10.5. The first-order valence-electron chi connectivity index (χ1n) is 15.5. The number of aliphatic hydroxyl groups excluding tert-OH is 1. The zero-order valence-electron chi connectivity index (χ0n) is 24.1. The van der Waals surface area contributed by atoms with E-state index in [-0.39, 0.29) is 11.5 Å². The molecule has 3 nitrogen and oxygen atoms in total. The third kappa shape index (κ3) is 4.34. The Balaban J connectivity index is 1.41. The molecule has 3 heteroatoms. The number of aliphatic hydroxyl groups is 1. The summed E-state index contributed by atoms with van der Waals surface area (Å²) in [7, 11) is 0. The SMILES string of the molecule is CCC(C1C[C@H](O)CC2=CC[C@H]3[C@@H]4CC[C@H]([C@H](C)CCCC(C)C)[C@@]4(C)CC[C@@H]3[C@]21C)n1ccnc1. The van der Waals surface area contributed by atoms with Crippen molar-refractivity contribution in [3.05, 3.63) is 30.4 Å². The van der Waals surface area contributed by atoms with Gasteiger partial charge in [0.15, 0.2) is 0 Å². The molecule has 0 bridgehead atoms. The van der Waals surface area contributed by atoms with Crippen LogP contribution in [-0.2, 0) is 0 Å². The number of rotatable bonds is 8. The lowest BCUT2D eigenvalue weighted by molar-refractivity contribution is -0.0897. The van der Waals surface area contributed by atoms with Crippen LogP contribution >= 0.6 is 0 Å². The molecular weight excluding hydrogens is 440 g/mol. The van der Waals surface area contributed by atoms with E-state index in [2.05, 4.69) is 63.4 Å². The molecule has 3 fully saturated rings. The minimum absolute atomic E-state index is 0.195. The second-order valence-electron chi connectivity index (χ2n) is 14.3. The Labute approximate surface area is 221 Å². The molecule has 1 aromatic heterocycles. The molecule has 2 unspecified atom stereocenters. The summed E-state index contributed by atoms with van der Waals surface area (Å²) in [6, 6.07) is 0.417. The van der Waals surface area contributed by atoms with Gasteiger partial charge in [0, 0.05) is 18.4 Å². The van der Waals surface area contributed by atoms with Gasteiger partial charge in [-0.15, -0.1) is 0 Å². The first kappa shape index (κ1) is 26.5. The van der Waals surface area contributed by atoms with Crippen molar-refractivity contribution in [1.82, 2.24) is 9.55 Å². The Morgan fingerprint density at radius 1 is 1.08 bits per heavy atom. The number of imidazole rings is 1.